The van der Waals surface area contributed by atoms with Gasteiger partial charge in [-0.05, 0) is 83.4 Å². The zero-order chi connectivity index (χ0) is 23.6. The lowest BCUT2D eigenvalue weighted by Gasteiger charge is -2.26. The molecule has 4 rings (SSSR count). The first-order chi connectivity index (χ1) is 15.7. The van der Waals surface area contributed by atoms with Crippen molar-refractivity contribution in [2.75, 3.05) is 59.5 Å². The second-order valence-electron chi connectivity index (χ2n) is 11.0. The molecular formula is C26H40FN5O. The molecule has 2 aromatic rings. The number of likely N-dealkylation sites (tertiary alicyclic amines) is 1. The lowest BCUT2D eigenvalue weighted by Crippen LogP contribution is -2.36. The van der Waals surface area contributed by atoms with E-state index in [0.29, 0.717) is 11.8 Å². The van der Waals surface area contributed by atoms with Crippen LogP contribution in [-0.4, -0.2) is 89.1 Å². The fourth-order valence-electron chi connectivity index (χ4n) is 5.15. The van der Waals surface area contributed by atoms with E-state index in [4.69, 9.17) is 5.10 Å². The Morgan fingerprint density at radius 2 is 1.73 bits per heavy atom. The van der Waals surface area contributed by atoms with Gasteiger partial charge in [0.05, 0.1) is 11.2 Å². The van der Waals surface area contributed by atoms with Gasteiger partial charge < -0.3 is 14.9 Å². The number of nitrogens with zero attached hydrogens (tertiary/aromatic N) is 5. The Bertz CT molecular complexity index is 906. The third kappa shape index (κ3) is 6.01. The van der Waals surface area contributed by atoms with Crippen molar-refractivity contribution in [3.8, 4) is 11.3 Å². The van der Waals surface area contributed by atoms with E-state index in [2.05, 4.69) is 48.7 Å². The quantitative estimate of drug-likeness (QED) is 0.722. The second kappa shape index (κ2) is 10.2. The molecule has 0 amide bonds. The molecule has 3 heterocycles. The Hall–Kier alpha value is -1.80. The zero-order valence-corrected chi connectivity index (χ0v) is 20.7. The molecule has 7 heteroatoms. The lowest BCUT2D eigenvalue weighted by atomic mass is 9.96. The largest absolute Gasteiger partial charge is 0.396 e. The maximum atomic E-state index is 13.5. The van der Waals surface area contributed by atoms with Crippen molar-refractivity contribution in [1.29, 1.82) is 0 Å². The van der Waals surface area contributed by atoms with Crippen molar-refractivity contribution in [3.63, 3.8) is 0 Å². The normalized spacial score (nSPS) is 23.8. The van der Waals surface area contributed by atoms with Crippen molar-refractivity contribution >= 4 is 0 Å². The summed E-state index contributed by atoms with van der Waals surface area (Å²) in [5.74, 6) is 0.548. The monoisotopic (exact) mass is 457 g/mol. The minimum Gasteiger partial charge on any atom is -0.396 e. The first-order valence-electron chi connectivity index (χ1n) is 12.3. The van der Waals surface area contributed by atoms with E-state index in [9.17, 15) is 9.50 Å². The van der Waals surface area contributed by atoms with Crippen molar-refractivity contribution in [2.24, 2.45) is 11.8 Å². The smallest absolute Gasteiger partial charge is 0.123 e. The van der Waals surface area contributed by atoms with Crippen LogP contribution >= 0.6 is 0 Å². The Balaban J connectivity index is 1.50. The summed E-state index contributed by atoms with van der Waals surface area (Å²) in [7, 11) is 2.20. The highest BCUT2D eigenvalue weighted by Gasteiger charge is 2.34. The highest BCUT2D eigenvalue weighted by molar-refractivity contribution is 5.62. The molecule has 6 nitrogen and oxygen atoms in total. The molecule has 2 aliphatic rings. The number of benzene rings is 1. The van der Waals surface area contributed by atoms with Gasteiger partial charge >= 0.3 is 0 Å². The summed E-state index contributed by atoms with van der Waals surface area (Å²) in [6.07, 6.45) is 3.36. The molecule has 2 atom stereocenters. The summed E-state index contributed by atoms with van der Waals surface area (Å²) >= 11 is 0. The minimum absolute atomic E-state index is 0.131. The van der Waals surface area contributed by atoms with Gasteiger partial charge in [0.1, 0.15) is 5.82 Å². The van der Waals surface area contributed by atoms with Gasteiger partial charge in [-0.1, -0.05) is 0 Å². The van der Waals surface area contributed by atoms with E-state index in [-0.39, 0.29) is 18.0 Å². The fraction of sp³-hybridized carbons (Fsp3) is 0.654. The highest BCUT2D eigenvalue weighted by atomic mass is 19.1. The van der Waals surface area contributed by atoms with Crippen molar-refractivity contribution < 1.29 is 9.50 Å². The van der Waals surface area contributed by atoms with Crippen LogP contribution < -0.4 is 0 Å². The molecule has 2 saturated heterocycles. The first-order valence-corrected chi connectivity index (χ1v) is 12.3. The van der Waals surface area contributed by atoms with Gasteiger partial charge in [0.25, 0.3) is 0 Å². The van der Waals surface area contributed by atoms with Gasteiger partial charge in [-0.3, -0.25) is 9.58 Å². The van der Waals surface area contributed by atoms with Gasteiger partial charge in [0.2, 0.25) is 0 Å². The summed E-state index contributed by atoms with van der Waals surface area (Å²) in [4.78, 5) is 7.46. The standard InChI is InChI=1S/C26H40FN5O/c1-26(2,3)32-18-22(25(28-32)20-6-8-24(27)9-7-20)16-31-15-21(23(17-31)19-33)14-30-11-5-10-29(4)12-13-30/h6-9,18,21,23,33H,5,10-17,19H2,1-4H3. The molecule has 0 bridgehead atoms. The number of aliphatic hydroxyl groups is 1. The summed E-state index contributed by atoms with van der Waals surface area (Å²) in [5, 5.41) is 15.0. The highest BCUT2D eigenvalue weighted by Crippen LogP contribution is 2.30. The van der Waals surface area contributed by atoms with Crippen LogP contribution in [0.1, 0.15) is 32.8 Å². The molecule has 1 N–H and O–H groups in total. The molecule has 0 spiro atoms. The first kappa shape index (κ1) is 24.3. The van der Waals surface area contributed by atoms with Crippen LogP contribution in [0.2, 0.25) is 0 Å². The Morgan fingerprint density at radius 3 is 2.42 bits per heavy atom. The lowest BCUT2D eigenvalue weighted by molar-refractivity contribution is 0.165. The van der Waals surface area contributed by atoms with E-state index in [1.165, 1.54) is 25.1 Å². The van der Waals surface area contributed by atoms with Crippen LogP contribution in [0.4, 0.5) is 4.39 Å². The Morgan fingerprint density at radius 1 is 1.00 bits per heavy atom. The third-order valence-electron chi connectivity index (χ3n) is 7.18. The average Bonchev–Trinajstić information content (AvgIpc) is 3.30. The van der Waals surface area contributed by atoms with Gasteiger partial charge in [-0.15, -0.1) is 0 Å². The molecule has 2 fully saturated rings. The van der Waals surface area contributed by atoms with Crippen LogP contribution in [0.5, 0.6) is 0 Å². The molecule has 0 saturated carbocycles. The van der Waals surface area contributed by atoms with Gasteiger partial charge in [0.15, 0.2) is 0 Å². The van der Waals surface area contributed by atoms with E-state index < -0.39 is 0 Å². The van der Waals surface area contributed by atoms with Crippen molar-refractivity contribution in [2.45, 2.75) is 39.3 Å². The maximum absolute atomic E-state index is 13.5. The number of likely N-dealkylation sites (N-methyl/N-ethyl adjacent to an activating group) is 1. The van der Waals surface area contributed by atoms with E-state index >= 15 is 0 Å². The van der Waals surface area contributed by atoms with E-state index in [1.807, 2.05) is 16.8 Å². The van der Waals surface area contributed by atoms with Crippen LogP contribution in [0.25, 0.3) is 11.3 Å². The minimum atomic E-state index is -0.233. The topological polar surface area (TPSA) is 47.8 Å². The third-order valence-corrected chi connectivity index (χ3v) is 7.18. The number of hydrogen-bond acceptors (Lipinski definition) is 5. The average molecular weight is 458 g/mol. The molecule has 182 valence electrons. The van der Waals surface area contributed by atoms with Crippen molar-refractivity contribution in [3.05, 3.63) is 41.8 Å². The second-order valence-corrected chi connectivity index (χ2v) is 11.0. The number of hydrogen-bond donors (Lipinski definition) is 1. The molecule has 1 aromatic carbocycles. The van der Waals surface area contributed by atoms with Crippen LogP contribution in [-0.2, 0) is 12.1 Å². The van der Waals surface area contributed by atoms with Gasteiger partial charge in [-0.25, -0.2) is 4.39 Å². The molecule has 2 aliphatic heterocycles. The van der Waals surface area contributed by atoms with E-state index in [1.54, 1.807) is 0 Å². The predicted molar refractivity (Wildman–Crippen MR) is 131 cm³/mol. The molecule has 33 heavy (non-hydrogen) atoms. The van der Waals surface area contributed by atoms with Gasteiger partial charge in [-0.2, -0.15) is 5.10 Å². The molecule has 2 unspecified atom stereocenters. The number of aromatic nitrogens is 2. The Labute approximate surface area is 198 Å². The number of aliphatic hydroxyl groups excluding tert-OH is 1. The SMILES string of the molecule is CN1CCCN(CC2CN(Cc3cn(C(C)(C)C)nc3-c3ccc(F)cc3)CC2CO)CC1. The molecule has 1 aromatic heterocycles. The van der Waals surface area contributed by atoms with Crippen LogP contribution in [0.3, 0.4) is 0 Å². The summed E-state index contributed by atoms with van der Waals surface area (Å²) in [5.41, 5.74) is 2.89. The summed E-state index contributed by atoms with van der Waals surface area (Å²) < 4.78 is 15.5. The zero-order valence-electron chi connectivity index (χ0n) is 20.7. The van der Waals surface area contributed by atoms with E-state index in [0.717, 1.165) is 62.6 Å². The summed E-state index contributed by atoms with van der Waals surface area (Å²) in [6, 6.07) is 6.63. The van der Waals surface area contributed by atoms with Crippen LogP contribution in [0.15, 0.2) is 30.5 Å². The number of halogens is 1. The van der Waals surface area contributed by atoms with Crippen LogP contribution in [0, 0.1) is 17.7 Å². The molecular weight excluding hydrogens is 417 g/mol. The fourth-order valence-corrected chi connectivity index (χ4v) is 5.15. The molecule has 0 radical (unpaired) electrons. The number of rotatable bonds is 6. The van der Waals surface area contributed by atoms with Crippen molar-refractivity contribution in [1.82, 2.24) is 24.5 Å². The van der Waals surface area contributed by atoms with Gasteiger partial charge in [0, 0.05) is 63.2 Å². The maximum Gasteiger partial charge on any atom is 0.123 e. The summed E-state index contributed by atoms with van der Waals surface area (Å²) in [6.45, 7) is 14.9. The molecule has 0 aliphatic carbocycles. The Kier molecular flexibility index (Phi) is 7.53. The predicted octanol–water partition coefficient (Wildman–Crippen LogP) is 3.12.